The third-order valence-electron chi connectivity index (χ3n) is 1.59. The molecule has 4 heteroatoms. The van der Waals surface area contributed by atoms with E-state index in [0.717, 1.165) is 11.1 Å². The maximum atomic E-state index is 8.45. The molecule has 0 unspecified atom stereocenters. The summed E-state index contributed by atoms with van der Waals surface area (Å²) >= 11 is 0. The molecular weight excluding hydrogens is 167 g/mol. The number of hydrogen-bond donors (Lipinski definition) is 2. The van der Waals surface area contributed by atoms with Crippen LogP contribution >= 0.6 is 0 Å². The van der Waals surface area contributed by atoms with Crippen molar-refractivity contribution in [2.45, 2.75) is 6.61 Å². The second-order valence-electron chi connectivity index (χ2n) is 2.59. The Kier molecular flexibility index (Phi) is 3.70. The average Bonchev–Trinajstić information content (AvgIpc) is 2.15. The minimum atomic E-state index is -1.72. The predicted molar refractivity (Wildman–Crippen MR) is 51.5 cm³/mol. The summed E-state index contributed by atoms with van der Waals surface area (Å²) in [4.78, 5) is 0. The van der Waals surface area contributed by atoms with Crippen molar-refractivity contribution < 1.29 is 14.7 Å². The maximum absolute atomic E-state index is 8.45. The minimum Gasteiger partial charge on any atom is -0.402 e. The highest BCUT2D eigenvalue weighted by Gasteiger charge is 2.07. The van der Waals surface area contributed by atoms with Crippen LogP contribution in [0.4, 0.5) is 0 Å². The van der Waals surface area contributed by atoms with Gasteiger partial charge in [-0.25, -0.2) is 0 Å². The van der Waals surface area contributed by atoms with Gasteiger partial charge in [-0.15, -0.1) is 0 Å². The lowest BCUT2D eigenvalue weighted by Gasteiger charge is -2.03. The molecule has 0 saturated heterocycles. The molecule has 13 heavy (non-hydrogen) atoms. The van der Waals surface area contributed by atoms with Crippen LogP contribution in [0.1, 0.15) is 11.1 Å². The third kappa shape index (κ3) is 3.42. The summed E-state index contributed by atoms with van der Waals surface area (Å²) < 4.78 is 4.60. The van der Waals surface area contributed by atoms with E-state index in [2.05, 4.69) is 11.2 Å². The topological polar surface area (TPSA) is 49.7 Å². The normalized spacial score (nSPS) is 9.69. The van der Waals surface area contributed by atoms with Crippen LogP contribution in [0, 0.1) is 0 Å². The van der Waals surface area contributed by atoms with Crippen molar-refractivity contribution in [1.29, 1.82) is 0 Å². The molecule has 0 spiro atoms. The van der Waals surface area contributed by atoms with Crippen molar-refractivity contribution in [2.24, 2.45) is 0 Å². The molecule has 1 aromatic carbocycles. The van der Waals surface area contributed by atoms with Crippen LogP contribution in [0.25, 0.3) is 6.08 Å². The van der Waals surface area contributed by atoms with Gasteiger partial charge in [0, 0.05) is 0 Å². The number of rotatable bonds is 4. The zero-order valence-corrected chi connectivity index (χ0v) is 7.18. The van der Waals surface area contributed by atoms with Crippen LogP contribution in [-0.2, 0) is 11.3 Å². The van der Waals surface area contributed by atoms with Crippen LogP contribution in [0.2, 0.25) is 0 Å². The SMILES string of the molecule is C=Cc1cccc(COB(O)O)c1. The molecule has 0 fully saturated rings. The summed E-state index contributed by atoms with van der Waals surface area (Å²) in [6.07, 6.45) is 1.72. The Balaban J connectivity index is 2.61. The molecule has 0 aliphatic rings. The fraction of sp³-hybridized carbons (Fsp3) is 0.111. The maximum Gasteiger partial charge on any atom is 0.634 e. The van der Waals surface area contributed by atoms with Crippen molar-refractivity contribution in [3.63, 3.8) is 0 Å². The van der Waals surface area contributed by atoms with E-state index in [0.29, 0.717) is 0 Å². The Labute approximate surface area is 77.5 Å². The Bertz CT molecular complexity index is 286. The molecule has 0 aliphatic carbocycles. The first-order valence-corrected chi connectivity index (χ1v) is 3.91. The first-order valence-electron chi connectivity index (χ1n) is 3.91. The first-order chi connectivity index (χ1) is 6.22. The molecule has 0 aromatic heterocycles. The van der Waals surface area contributed by atoms with Gasteiger partial charge in [-0.2, -0.15) is 0 Å². The first kappa shape index (κ1) is 9.99. The van der Waals surface area contributed by atoms with Gasteiger partial charge in [-0.05, 0) is 17.2 Å². The standard InChI is InChI=1S/C9H11BO3/c1-2-8-4-3-5-9(6-8)7-13-10(11)12/h2-6,11-12H,1,7H2. The fourth-order valence-electron chi connectivity index (χ4n) is 0.981. The van der Waals surface area contributed by atoms with Gasteiger partial charge in [0.05, 0.1) is 6.61 Å². The molecule has 0 saturated carbocycles. The Morgan fingerprint density at radius 3 is 2.85 bits per heavy atom. The van der Waals surface area contributed by atoms with E-state index < -0.39 is 7.32 Å². The van der Waals surface area contributed by atoms with Gasteiger partial charge in [-0.1, -0.05) is 30.9 Å². The summed E-state index contributed by atoms with van der Waals surface area (Å²) in [5.41, 5.74) is 1.86. The van der Waals surface area contributed by atoms with Crippen molar-refractivity contribution in [1.82, 2.24) is 0 Å². The van der Waals surface area contributed by atoms with Gasteiger partial charge >= 0.3 is 7.32 Å². The van der Waals surface area contributed by atoms with E-state index >= 15 is 0 Å². The highest BCUT2D eigenvalue weighted by Crippen LogP contribution is 2.07. The van der Waals surface area contributed by atoms with Gasteiger partial charge < -0.3 is 14.7 Å². The van der Waals surface area contributed by atoms with Gasteiger partial charge in [0.2, 0.25) is 0 Å². The van der Waals surface area contributed by atoms with Crippen molar-refractivity contribution in [3.8, 4) is 0 Å². The van der Waals surface area contributed by atoms with Crippen LogP contribution in [0.5, 0.6) is 0 Å². The van der Waals surface area contributed by atoms with E-state index in [1.54, 1.807) is 6.08 Å². The van der Waals surface area contributed by atoms with Crippen LogP contribution in [-0.4, -0.2) is 17.4 Å². The van der Waals surface area contributed by atoms with E-state index in [-0.39, 0.29) is 6.61 Å². The molecule has 1 aromatic rings. The van der Waals surface area contributed by atoms with Gasteiger partial charge in [0.1, 0.15) is 0 Å². The second kappa shape index (κ2) is 4.82. The van der Waals surface area contributed by atoms with E-state index in [4.69, 9.17) is 10.0 Å². The highest BCUT2D eigenvalue weighted by molar-refractivity contribution is 6.32. The summed E-state index contributed by atoms with van der Waals surface area (Å²) in [6.45, 7) is 3.81. The van der Waals surface area contributed by atoms with E-state index in [1.165, 1.54) is 0 Å². The fourth-order valence-corrected chi connectivity index (χ4v) is 0.981. The number of benzene rings is 1. The molecular formula is C9H11BO3. The van der Waals surface area contributed by atoms with Crippen LogP contribution in [0.15, 0.2) is 30.8 Å². The van der Waals surface area contributed by atoms with Gasteiger partial charge in [0.15, 0.2) is 0 Å². The van der Waals surface area contributed by atoms with Crippen molar-refractivity contribution in [2.75, 3.05) is 0 Å². The zero-order chi connectivity index (χ0) is 9.68. The second-order valence-corrected chi connectivity index (χ2v) is 2.59. The van der Waals surface area contributed by atoms with Crippen molar-refractivity contribution >= 4 is 13.4 Å². The zero-order valence-electron chi connectivity index (χ0n) is 7.18. The molecule has 0 atom stereocenters. The largest absolute Gasteiger partial charge is 0.634 e. The molecule has 68 valence electrons. The lowest BCUT2D eigenvalue weighted by Crippen LogP contribution is -2.16. The predicted octanol–water partition coefficient (Wildman–Crippen LogP) is 0.816. The Morgan fingerprint density at radius 1 is 1.46 bits per heavy atom. The van der Waals surface area contributed by atoms with Gasteiger partial charge in [0.25, 0.3) is 0 Å². The Morgan fingerprint density at radius 2 is 2.23 bits per heavy atom. The molecule has 0 aliphatic heterocycles. The summed E-state index contributed by atoms with van der Waals surface area (Å²) in [6, 6.07) is 7.48. The van der Waals surface area contributed by atoms with Gasteiger partial charge in [-0.3, -0.25) is 0 Å². The molecule has 2 N–H and O–H groups in total. The van der Waals surface area contributed by atoms with Crippen molar-refractivity contribution in [3.05, 3.63) is 42.0 Å². The smallest absolute Gasteiger partial charge is 0.402 e. The molecule has 0 bridgehead atoms. The molecule has 0 heterocycles. The Hall–Kier alpha value is -1.10. The van der Waals surface area contributed by atoms with E-state index in [9.17, 15) is 0 Å². The van der Waals surface area contributed by atoms with Crippen LogP contribution in [0.3, 0.4) is 0 Å². The summed E-state index contributed by atoms with van der Waals surface area (Å²) in [5, 5.41) is 16.9. The minimum absolute atomic E-state index is 0.180. The quantitative estimate of drug-likeness (QED) is 0.670. The lowest BCUT2D eigenvalue weighted by atomic mass is 10.1. The van der Waals surface area contributed by atoms with Crippen LogP contribution < -0.4 is 0 Å². The molecule has 1 rings (SSSR count). The molecule has 0 radical (unpaired) electrons. The lowest BCUT2D eigenvalue weighted by molar-refractivity contribution is 0.177. The molecule has 3 nitrogen and oxygen atoms in total. The summed E-state index contributed by atoms with van der Waals surface area (Å²) in [5.74, 6) is 0. The number of hydrogen-bond acceptors (Lipinski definition) is 3. The average molecular weight is 178 g/mol. The highest BCUT2D eigenvalue weighted by atomic mass is 16.6. The third-order valence-corrected chi connectivity index (χ3v) is 1.59. The van der Waals surface area contributed by atoms with E-state index in [1.807, 2.05) is 24.3 Å². The summed E-state index contributed by atoms with van der Waals surface area (Å²) in [7, 11) is -1.72. The molecule has 0 amide bonds. The monoisotopic (exact) mass is 178 g/mol.